The van der Waals surface area contributed by atoms with Gasteiger partial charge in [-0.1, -0.05) is 18.2 Å². The molecule has 0 fully saturated rings. The quantitative estimate of drug-likeness (QED) is 0.832. The fourth-order valence-electron chi connectivity index (χ4n) is 1.94. The second-order valence-corrected chi connectivity index (χ2v) is 5.16. The Morgan fingerprint density at radius 2 is 1.88 bits per heavy atom. The average molecular weight is 219 g/mol. The van der Waals surface area contributed by atoms with Crippen LogP contribution in [0.25, 0.3) is 0 Å². The molecule has 0 bridgehead atoms. The van der Waals surface area contributed by atoms with Crippen molar-refractivity contribution in [2.75, 3.05) is 0 Å². The van der Waals surface area contributed by atoms with E-state index in [2.05, 4.69) is 37.4 Å². The Hall–Kier alpha value is -1.31. The zero-order valence-corrected chi connectivity index (χ0v) is 10.8. The van der Waals surface area contributed by atoms with Crippen LogP contribution in [0.5, 0.6) is 0 Å². The minimum absolute atomic E-state index is 0.0221. The summed E-state index contributed by atoms with van der Waals surface area (Å²) in [5, 5.41) is 2.96. The Labute approximate surface area is 98.1 Å². The lowest BCUT2D eigenvalue weighted by molar-refractivity contribution is -0.120. The maximum Gasteiger partial charge on any atom is 0.217 e. The standard InChI is InChI=1S/C14H21NO/c1-10-6-7-13(8-11(10)2)9-14(4,5)15-12(3)16/h6-8H,9H2,1-5H3,(H,15,16). The first-order valence-electron chi connectivity index (χ1n) is 5.65. The Morgan fingerprint density at radius 3 is 2.38 bits per heavy atom. The van der Waals surface area contributed by atoms with Crippen molar-refractivity contribution in [3.63, 3.8) is 0 Å². The lowest BCUT2D eigenvalue weighted by atomic mass is 9.93. The van der Waals surface area contributed by atoms with Crippen LogP contribution >= 0.6 is 0 Å². The Bertz CT molecular complexity index is 394. The molecule has 0 saturated heterocycles. The minimum atomic E-state index is -0.187. The molecule has 0 radical (unpaired) electrons. The van der Waals surface area contributed by atoms with Gasteiger partial charge in [0, 0.05) is 12.5 Å². The molecular formula is C14H21NO. The van der Waals surface area contributed by atoms with Crippen molar-refractivity contribution >= 4 is 5.91 Å². The highest BCUT2D eigenvalue weighted by atomic mass is 16.1. The molecule has 1 aromatic rings. The van der Waals surface area contributed by atoms with E-state index in [0.717, 1.165) is 6.42 Å². The average Bonchev–Trinajstić information content (AvgIpc) is 2.08. The smallest absolute Gasteiger partial charge is 0.217 e. The summed E-state index contributed by atoms with van der Waals surface area (Å²) in [7, 11) is 0. The summed E-state index contributed by atoms with van der Waals surface area (Å²) in [6, 6.07) is 6.46. The molecule has 0 aliphatic rings. The zero-order chi connectivity index (χ0) is 12.3. The van der Waals surface area contributed by atoms with Gasteiger partial charge in [0.05, 0.1) is 0 Å². The van der Waals surface area contributed by atoms with E-state index in [-0.39, 0.29) is 11.4 Å². The van der Waals surface area contributed by atoms with Crippen LogP contribution in [0, 0.1) is 13.8 Å². The lowest BCUT2D eigenvalue weighted by Gasteiger charge is -2.26. The maximum absolute atomic E-state index is 11.1. The molecular weight excluding hydrogens is 198 g/mol. The highest BCUT2D eigenvalue weighted by molar-refractivity contribution is 5.73. The molecule has 1 aromatic carbocycles. The van der Waals surface area contributed by atoms with Crippen LogP contribution in [-0.4, -0.2) is 11.4 Å². The molecule has 0 heterocycles. The van der Waals surface area contributed by atoms with E-state index in [1.807, 2.05) is 13.8 Å². The third-order valence-corrected chi connectivity index (χ3v) is 2.73. The molecule has 1 N–H and O–H groups in total. The van der Waals surface area contributed by atoms with Crippen LogP contribution in [0.1, 0.15) is 37.5 Å². The summed E-state index contributed by atoms with van der Waals surface area (Å²) in [6.07, 6.45) is 0.855. The highest BCUT2D eigenvalue weighted by Crippen LogP contribution is 2.16. The van der Waals surface area contributed by atoms with Crippen molar-refractivity contribution in [1.29, 1.82) is 0 Å². The molecule has 0 atom stereocenters. The molecule has 88 valence electrons. The van der Waals surface area contributed by atoms with Crippen molar-refractivity contribution in [3.8, 4) is 0 Å². The number of hydrogen-bond acceptors (Lipinski definition) is 1. The Morgan fingerprint density at radius 1 is 1.25 bits per heavy atom. The summed E-state index contributed by atoms with van der Waals surface area (Å²) in [4.78, 5) is 11.1. The van der Waals surface area contributed by atoms with Crippen molar-refractivity contribution in [1.82, 2.24) is 5.32 Å². The van der Waals surface area contributed by atoms with Gasteiger partial charge in [0.2, 0.25) is 5.91 Å². The minimum Gasteiger partial charge on any atom is -0.351 e. The second kappa shape index (κ2) is 4.69. The molecule has 16 heavy (non-hydrogen) atoms. The van der Waals surface area contributed by atoms with E-state index in [4.69, 9.17) is 0 Å². The number of nitrogens with one attached hydrogen (secondary N) is 1. The first kappa shape index (κ1) is 12.8. The summed E-state index contributed by atoms with van der Waals surface area (Å²) >= 11 is 0. The molecule has 1 rings (SSSR count). The van der Waals surface area contributed by atoms with Crippen LogP contribution in [0.4, 0.5) is 0 Å². The Kier molecular flexibility index (Phi) is 3.74. The van der Waals surface area contributed by atoms with Crippen molar-refractivity contribution < 1.29 is 4.79 Å². The fraction of sp³-hybridized carbons (Fsp3) is 0.500. The normalized spacial score (nSPS) is 11.3. The van der Waals surface area contributed by atoms with Gasteiger partial charge in [0.15, 0.2) is 0 Å². The van der Waals surface area contributed by atoms with Gasteiger partial charge >= 0.3 is 0 Å². The number of carbonyl (C=O) groups is 1. The van der Waals surface area contributed by atoms with Gasteiger partial charge in [-0.15, -0.1) is 0 Å². The van der Waals surface area contributed by atoms with Crippen LogP contribution in [0.3, 0.4) is 0 Å². The molecule has 2 nitrogen and oxygen atoms in total. The summed E-state index contributed by atoms with van der Waals surface area (Å²) in [5.41, 5.74) is 3.69. The van der Waals surface area contributed by atoms with E-state index in [1.165, 1.54) is 16.7 Å². The third-order valence-electron chi connectivity index (χ3n) is 2.73. The van der Waals surface area contributed by atoms with Crippen LogP contribution in [0.15, 0.2) is 18.2 Å². The number of aryl methyl sites for hydroxylation is 2. The molecule has 0 saturated carbocycles. The van der Waals surface area contributed by atoms with Crippen LogP contribution < -0.4 is 5.32 Å². The molecule has 2 heteroatoms. The monoisotopic (exact) mass is 219 g/mol. The van der Waals surface area contributed by atoms with Gasteiger partial charge < -0.3 is 5.32 Å². The van der Waals surface area contributed by atoms with Gasteiger partial charge in [-0.3, -0.25) is 4.79 Å². The van der Waals surface area contributed by atoms with Gasteiger partial charge in [0.25, 0.3) is 0 Å². The van der Waals surface area contributed by atoms with Crippen LogP contribution in [-0.2, 0) is 11.2 Å². The zero-order valence-electron chi connectivity index (χ0n) is 10.8. The topological polar surface area (TPSA) is 29.1 Å². The number of hydrogen-bond donors (Lipinski definition) is 1. The fourth-order valence-corrected chi connectivity index (χ4v) is 1.94. The van der Waals surface area contributed by atoms with Crippen molar-refractivity contribution in [2.24, 2.45) is 0 Å². The maximum atomic E-state index is 11.1. The number of amides is 1. The van der Waals surface area contributed by atoms with E-state index < -0.39 is 0 Å². The second-order valence-electron chi connectivity index (χ2n) is 5.16. The number of rotatable bonds is 3. The van der Waals surface area contributed by atoms with Crippen molar-refractivity contribution in [3.05, 3.63) is 34.9 Å². The van der Waals surface area contributed by atoms with Gasteiger partial charge in [-0.25, -0.2) is 0 Å². The highest BCUT2D eigenvalue weighted by Gasteiger charge is 2.19. The third kappa shape index (κ3) is 3.69. The van der Waals surface area contributed by atoms with E-state index >= 15 is 0 Å². The van der Waals surface area contributed by atoms with E-state index in [0.29, 0.717) is 0 Å². The Balaban J connectivity index is 2.79. The predicted molar refractivity (Wildman–Crippen MR) is 67.5 cm³/mol. The molecule has 0 aliphatic heterocycles. The van der Waals surface area contributed by atoms with Gasteiger partial charge in [-0.2, -0.15) is 0 Å². The molecule has 0 unspecified atom stereocenters. The lowest BCUT2D eigenvalue weighted by Crippen LogP contribution is -2.44. The number of carbonyl (C=O) groups excluding carboxylic acids is 1. The van der Waals surface area contributed by atoms with Crippen molar-refractivity contribution in [2.45, 2.75) is 46.6 Å². The first-order chi connectivity index (χ1) is 7.30. The van der Waals surface area contributed by atoms with Gasteiger partial charge in [0.1, 0.15) is 0 Å². The van der Waals surface area contributed by atoms with Crippen LogP contribution in [0.2, 0.25) is 0 Å². The van der Waals surface area contributed by atoms with Gasteiger partial charge in [-0.05, 0) is 50.8 Å². The molecule has 0 aromatic heterocycles. The molecule has 1 amide bonds. The summed E-state index contributed by atoms with van der Waals surface area (Å²) in [6.45, 7) is 9.87. The summed E-state index contributed by atoms with van der Waals surface area (Å²) < 4.78 is 0. The largest absolute Gasteiger partial charge is 0.351 e. The first-order valence-corrected chi connectivity index (χ1v) is 5.65. The van der Waals surface area contributed by atoms with E-state index in [9.17, 15) is 4.79 Å². The molecule has 0 spiro atoms. The van der Waals surface area contributed by atoms with E-state index in [1.54, 1.807) is 6.92 Å². The predicted octanol–water partition coefficient (Wildman–Crippen LogP) is 2.76. The number of benzene rings is 1. The SMILES string of the molecule is CC(=O)NC(C)(C)Cc1ccc(C)c(C)c1. The summed E-state index contributed by atoms with van der Waals surface area (Å²) in [5.74, 6) is 0.0221. The molecule has 0 aliphatic carbocycles.